The summed E-state index contributed by atoms with van der Waals surface area (Å²) < 4.78 is 6.40. The Balaban J connectivity index is 2.69. The molecule has 0 atom stereocenters. The minimum absolute atomic E-state index is 0.177. The minimum Gasteiger partial charge on any atom is -0.492 e. The average molecular weight is 373 g/mol. The maximum Gasteiger partial charge on any atom is 0.257 e. The summed E-state index contributed by atoms with van der Waals surface area (Å²) in [6.45, 7) is 8.70. The molecule has 0 fully saturated rings. The number of thiocarbonyl (C=S) groups is 1. The Labute approximate surface area is 139 Å². The highest BCUT2D eigenvalue weighted by molar-refractivity contribution is 9.10. The first-order chi connectivity index (χ1) is 9.79. The van der Waals surface area contributed by atoms with Crippen molar-refractivity contribution in [2.45, 2.75) is 33.7 Å². The maximum atomic E-state index is 12.1. The number of carbonyl (C=O) groups excluding carboxylic acids is 1. The van der Waals surface area contributed by atoms with Gasteiger partial charge in [0.2, 0.25) is 0 Å². The van der Waals surface area contributed by atoms with Crippen molar-refractivity contribution in [1.82, 2.24) is 10.6 Å². The largest absolute Gasteiger partial charge is 0.492 e. The first kappa shape index (κ1) is 17.9. The molecule has 0 saturated heterocycles. The van der Waals surface area contributed by atoms with Gasteiger partial charge < -0.3 is 10.1 Å². The lowest BCUT2D eigenvalue weighted by atomic mass is 10.2. The van der Waals surface area contributed by atoms with Crippen LogP contribution in [0.4, 0.5) is 0 Å². The molecule has 4 nitrogen and oxygen atoms in total. The van der Waals surface area contributed by atoms with Gasteiger partial charge in [0.15, 0.2) is 5.11 Å². The van der Waals surface area contributed by atoms with E-state index in [1.54, 1.807) is 18.2 Å². The first-order valence-electron chi connectivity index (χ1n) is 6.83. The van der Waals surface area contributed by atoms with Gasteiger partial charge in [0.25, 0.3) is 5.91 Å². The monoisotopic (exact) mass is 372 g/mol. The predicted molar refractivity (Wildman–Crippen MR) is 92.8 cm³/mol. The number of nitrogens with one attached hydrogen (secondary N) is 2. The van der Waals surface area contributed by atoms with E-state index in [2.05, 4.69) is 40.4 Å². The standard InChI is InChI=1S/C15H21BrN2O2S/c1-9(2)8-20-13-6-5-11(7-12(13)16)14(19)18-15(21)17-10(3)4/h5-7,9-10H,8H2,1-4H3,(H2,17,18,19,21). The second-order valence-electron chi connectivity index (χ2n) is 5.43. The van der Waals surface area contributed by atoms with E-state index < -0.39 is 0 Å². The van der Waals surface area contributed by atoms with E-state index in [0.29, 0.717) is 23.2 Å². The molecule has 1 rings (SSSR count). The molecule has 1 aromatic carbocycles. The molecule has 0 aliphatic rings. The molecule has 0 aliphatic heterocycles. The fourth-order valence-electron chi connectivity index (χ4n) is 1.49. The number of hydrogen-bond donors (Lipinski definition) is 2. The van der Waals surface area contributed by atoms with Crippen LogP contribution in [0.3, 0.4) is 0 Å². The number of benzene rings is 1. The lowest BCUT2D eigenvalue weighted by Gasteiger charge is -2.13. The zero-order valence-electron chi connectivity index (χ0n) is 12.7. The van der Waals surface area contributed by atoms with E-state index in [1.165, 1.54) is 0 Å². The topological polar surface area (TPSA) is 50.4 Å². The number of halogens is 1. The third-order valence-corrected chi connectivity index (χ3v) is 3.25. The van der Waals surface area contributed by atoms with Gasteiger partial charge in [-0.15, -0.1) is 0 Å². The summed E-state index contributed by atoms with van der Waals surface area (Å²) in [6, 6.07) is 5.40. The molecule has 0 spiro atoms. The Kier molecular flexibility index (Phi) is 7.11. The molecule has 1 amide bonds. The van der Waals surface area contributed by atoms with Crippen LogP contribution >= 0.6 is 28.1 Å². The van der Waals surface area contributed by atoms with E-state index in [4.69, 9.17) is 17.0 Å². The third-order valence-electron chi connectivity index (χ3n) is 2.41. The van der Waals surface area contributed by atoms with Gasteiger partial charge in [-0.2, -0.15) is 0 Å². The van der Waals surface area contributed by atoms with Crippen LogP contribution in [0.5, 0.6) is 5.75 Å². The van der Waals surface area contributed by atoms with Gasteiger partial charge in [0, 0.05) is 11.6 Å². The van der Waals surface area contributed by atoms with Crippen LogP contribution < -0.4 is 15.4 Å². The molecule has 21 heavy (non-hydrogen) atoms. The Morgan fingerprint density at radius 2 is 2.00 bits per heavy atom. The fraction of sp³-hybridized carbons (Fsp3) is 0.467. The summed E-state index contributed by atoms with van der Waals surface area (Å²) in [5, 5.41) is 5.93. The predicted octanol–water partition coefficient (Wildman–Crippen LogP) is 3.50. The van der Waals surface area contributed by atoms with Crippen molar-refractivity contribution >= 4 is 39.2 Å². The summed E-state index contributed by atoms with van der Waals surface area (Å²) in [4.78, 5) is 12.1. The molecule has 2 N–H and O–H groups in total. The zero-order chi connectivity index (χ0) is 16.0. The average Bonchev–Trinajstić information content (AvgIpc) is 2.35. The highest BCUT2D eigenvalue weighted by Crippen LogP contribution is 2.26. The van der Waals surface area contributed by atoms with Gasteiger partial charge in [0.1, 0.15) is 5.75 Å². The smallest absolute Gasteiger partial charge is 0.257 e. The fourth-order valence-corrected chi connectivity index (χ4v) is 2.31. The Morgan fingerprint density at radius 1 is 1.33 bits per heavy atom. The SMILES string of the molecule is CC(C)COc1ccc(C(=O)NC(=S)NC(C)C)cc1Br. The highest BCUT2D eigenvalue weighted by atomic mass is 79.9. The van der Waals surface area contributed by atoms with Crippen LogP contribution in [0.25, 0.3) is 0 Å². The number of amides is 1. The van der Waals surface area contributed by atoms with Crippen LogP contribution in [-0.2, 0) is 0 Å². The van der Waals surface area contributed by atoms with E-state index in [-0.39, 0.29) is 11.9 Å². The second-order valence-corrected chi connectivity index (χ2v) is 6.69. The van der Waals surface area contributed by atoms with Crippen molar-refractivity contribution in [3.05, 3.63) is 28.2 Å². The summed E-state index contributed by atoms with van der Waals surface area (Å²) in [7, 11) is 0. The minimum atomic E-state index is -0.246. The molecule has 0 heterocycles. The Bertz CT molecular complexity index is 518. The molecular weight excluding hydrogens is 352 g/mol. The van der Waals surface area contributed by atoms with Crippen molar-refractivity contribution in [2.24, 2.45) is 5.92 Å². The molecule has 6 heteroatoms. The van der Waals surface area contributed by atoms with E-state index in [1.807, 2.05) is 13.8 Å². The lowest BCUT2D eigenvalue weighted by Crippen LogP contribution is -2.42. The van der Waals surface area contributed by atoms with Gasteiger partial charge in [-0.25, -0.2) is 0 Å². The molecular formula is C15H21BrN2O2S. The summed E-state index contributed by atoms with van der Waals surface area (Å²) in [5.74, 6) is 0.923. The highest BCUT2D eigenvalue weighted by Gasteiger charge is 2.11. The van der Waals surface area contributed by atoms with Gasteiger partial charge in [-0.05, 0) is 66.1 Å². The van der Waals surface area contributed by atoms with Crippen LogP contribution in [0.2, 0.25) is 0 Å². The van der Waals surface area contributed by atoms with Gasteiger partial charge in [-0.1, -0.05) is 13.8 Å². The summed E-state index contributed by atoms with van der Waals surface area (Å²) in [5.41, 5.74) is 0.520. The van der Waals surface area contributed by atoms with Crippen molar-refractivity contribution in [1.29, 1.82) is 0 Å². The van der Waals surface area contributed by atoms with E-state index in [9.17, 15) is 4.79 Å². The van der Waals surface area contributed by atoms with Crippen molar-refractivity contribution in [2.75, 3.05) is 6.61 Å². The number of carbonyl (C=O) groups is 1. The van der Waals surface area contributed by atoms with Crippen LogP contribution in [0, 0.1) is 5.92 Å². The second kappa shape index (κ2) is 8.34. The van der Waals surface area contributed by atoms with Crippen LogP contribution in [0.15, 0.2) is 22.7 Å². The summed E-state index contributed by atoms with van der Waals surface area (Å²) in [6.07, 6.45) is 0. The van der Waals surface area contributed by atoms with E-state index >= 15 is 0 Å². The van der Waals surface area contributed by atoms with Crippen molar-refractivity contribution in [3.8, 4) is 5.75 Å². The quantitative estimate of drug-likeness (QED) is 0.776. The molecule has 0 radical (unpaired) electrons. The number of rotatable bonds is 5. The molecule has 0 bridgehead atoms. The lowest BCUT2D eigenvalue weighted by molar-refractivity contribution is 0.0976. The normalized spacial score (nSPS) is 10.6. The van der Waals surface area contributed by atoms with Gasteiger partial charge in [0.05, 0.1) is 11.1 Å². The van der Waals surface area contributed by atoms with Gasteiger partial charge >= 0.3 is 0 Å². The molecule has 0 aliphatic carbocycles. The molecule has 0 aromatic heterocycles. The molecule has 1 aromatic rings. The first-order valence-corrected chi connectivity index (χ1v) is 8.04. The van der Waals surface area contributed by atoms with Gasteiger partial charge in [-0.3, -0.25) is 10.1 Å². The molecule has 116 valence electrons. The number of ether oxygens (including phenoxy) is 1. The summed E-state index contributed by atoms with van der Waals surface area (Å²) >= 11 is 8.47. The zero-order valence-corrected chi connectivity index (χ0v) is 15.1. The Morgan fingerprint density at radius 3 is 2.52 bits per heavy atom. The number of hydrogen-bond acceptors (Lipinski definition) is 3. The molecule has 0 saturated carbocycles. The third kappa shape index (κ3) is 6.44. The van der Waals surface area contributed by atoms with Crippen molar-refractivity contribution in [3.63, 3.8) is 0 Å². The Hall–Kier alpha value is -1.14. The van der Waals surface area contributed by atoms with Crippen LogP contribution in [0.1, 0.15) is 38.1 Å². The van der Waals surface area contributed by atoms with Crippen LogP contribution in [-0.4, -0.2) is 23.7 Å². The van der Waals surface area contributed by atoms with Crippen molar-refractivity contribution < 1.29 is 9.53 Å². The maximum absolute atomic E-state index is 12.1. The molecule has 0 unspecified atom stereocenters. The van der Waals surface area contributed by atoms with E-state index in [0.717, 1.165) is 10.2 Å².